The van der Waals surface area contributed by atoms with Gasteiger partial charge in [-0.05, 0) is 12.1 Å². The molecule has 6 nitrogen and oxygen atoms in total. The van der Waals surface area contributed by atoms with Gasteiger partial charge in [0, 0.05) is 51.7 Å². The second-order valence-electron chi connectivity index (χ2n) is 6.00. The number of alkyl halides is 2. The van der Waals surface area contributed by atoms with Crippen LogP contribution in [0.5, 0.6) is 0 Å². The van der Waals surface area contributed by atoms with E-state index in [4.69, 9.17) is 0 Å². The second-order valence-corrected chi connectivity index (χ2v) is 6.00. The summed E-state index contributed by atoms with van der Waals surface area (Å²) in [7, 11) is 1.60. The predicted molar refractivity (Wildman–Crippen MR) is 109 cm³/mol. The van der Waals surface area contributed by atoms with Crippen molar-refractivity contribution in [2.75, 3.05) is 38.1 Å². The summed E-state index contributed by atoms with van der Waals surface area (Å²) < 4.78 is 53.9. The van der Waals surface area contributed by atoms with Crippen molar-refractivity contribution in [1.29, 1.82) is 0 Å². The minimum atomic E-state index is -2.66. The number of nitrogens with one attached hydrogen (secondary N) is 1. The van der Waals surface area contributed by atoms with Gasteiger partial charge in [0.05, 0.1) is 12.2 Å². The Morgan fingerprint density at radius 2 is 1.93 bits per heavy atom. The van der Waals surface area contributed by atoms with Crippen molar-refractivity contribution in [2.45, 2.75) is 13.1 Å². The Balaban J connectivity index is 0.00000280. The number of aliphatic imine (C=N–C) groups is 1. The summed E-state index contributed by atoms with van der Waals surface area (Å²) in [6, 6.07) is 3.38. The number of aromatic nitrogens is 2. The second kappa shape index (κ2) is 9.94. The van der Waals surface area contributed by atoms with E-state index in [1.165, 1.54) is 18.5 Å². The molecule has 0 saturated carbocycles. The lowest BCUT2D eigenvalue weighted by Crippen LogP contribution is -2.52. The summed E-state index contributed by atoms with van der Waals surface area (Å²) in [6.45, 7) is -0.545. The number of hydrogen-bond acceptors (Lipinski definition) is 3. The zero-order valence-corrected chi connectivity index (χ0v) is 17.5. The molecule has 0 atom stereocenters. The Kier molecular flexibility index (Phi) is 7.89. The van der Waals surface area contributed by atoms with Crippen LogP contribution in [0.2, 0.25) is 0 Å². The third-order valence-electron chi connectivity index (χ3n) is 4.40. The lowest BCUT2D eigenvalue weighted by Gasteiger charge is -2.37. The lowest BCUT2D eigenvalue weighted by atomic mass is 10.2. The quantitative estimate of drug-likeness (QED) is 0.296. The number of halogens is 5. The molecule has 0 aliphatic carbocycles. The molecule has 0 spiro atoms. The van der Waals surface area contributed by atoms with Crippen LogP contribution >= 0.6 is 24.0 Å². The molecule has 2 aromatic rings. The molecule has 1 saturated heterocycles. The Morgan fingerprint density at radius 1 is 1.21 bits per heavy atom. The molecule has 0 bridgehead atoms. The highest BCUT2D eigenvalue weighted by atomic mass is 127. The maximum Gasteiger partial charge on any atom is 0.319 e. The van der Waals surface area contributed by atoms with Gasteiger partial charge in [-0.1, -0.05) is 0 Å². The van der Waals surface area contributed by atoms with Gasteiger partial charge in [0.15, 0.2) is 5.96 Å². The molecular weight excluding hydrogens is 491 g/mol. The molecule has 0 amide bonds. The van der Waals surface area contributed by atoms with Crippen LogP contribution < -0.4 is 10.2 Å². The third kappa shape index (κ3) is 5.06. The van der Waals surface area contributed by atoms with E-state index in [1.807, 2.05) is 4.90 Å². The number of piperazine rings is 1. The number of guanidine groups is 1. The molecular formula is C17H21F4IN6. The summed E-state index contributed by atoms with van der Waals surface area (Å²) in [5.74, 6) is -0.211. The minimum absolute atomic E-state index is 0. The highest BCUT2D eigenvalue weighted by molar-refractivity contribution is 14.0. The zero-order valence-electron chi connectivity index (χ0n) is 15.2. The smallest absolute Gasteiger partial charge is 0.319 e. The Hall–Kier alpha value is -2.05. The predicted octanol–water partition coefficient (Wildman–Crippen LogP) is 3.07. The van der Waals surface area contributed by atoms with Crippen LogP contribution in [0.4, 0.5) is 23.2 Å². The first-order chi connectivity index (χ1) is 13.0. The molecule has 154 valence electrons. The van der Waals surface area contributed by atoms with Gasteiger partial charge in [-0.15, -0.1) is 24.0 Å². The van der Waals surface area contributed by atoms with Crippen LogP contribution in [0.15, 0.2) is 35.6 Å². The number of anilines is 1. The minimum Gasteiger partial charge on any atom is -0.366 e. The van der Waals surface area contributed by atoms with Gasteiger partial charge in [-0.2, -0.15) is 8.78 Å². The first kappa shape index (κ1) is 22.2. The normalized spacial score (nSPS) is 15.0. The van der Waals surface area contributed by atoms with Crippen LogP contribution in [0.25, 0.3) is 0 Å². The summed E-state index contributed by atoms with van der Waals surface area (Å²) in [6.07, 6.45) is 2.54. The molecule has 2 heterocycles. The molecule has 0 radical (unpaired) electrons. The van der Waals surface area contributed by atoms with Crippen molar-refractivity contribution in [3.05, 3.63) is 48.1 Å². The van der Waals surface area contributed by atoms with E-state index in [2.05, 4.69) is 15.3 Å². The molecule has 11 heteroatoms. The van der Waals surface area contributed by atoms with Gasteiger partial charge >= 0.3 is 6.55 Å². The zero-order chi connectivity index (χ0) is 19.4. The largest absolute Gasteiger partial charge is 0.366 e. The molecule has 1 N–H and O–H groups in total. The van der Waals surface area contributed by atoms with E-state index in [9.17, 15) is 17.6 Å². The molecule has 1 aliphatic heterocycles. The molecule has 28 heavy (non-hydrogen) atoms. The number of nitrogens with zero attached hydrogens (tertiary/aromatic N) is 5. The Bertz CT molecular complexity index is 805. The molecule has 0 unspecified atom stereocenters. The third-order valence-corrected chi connectivity index (χ3v) is 4.40. The number of hydrogen-bond donors (Lipinski definition) is 1. The summed E-state index contributed by atoms with van der Waals surface area (Å²) >= 11 is 0. The Labute approximate surface area is 177 Å². The van der Waals surface area contributed by atoms with Crippen molar-refractivity contribution in [3.63, 3.8) is 0 Å². The van der Waals surface area contributed by atoms with Gasteiger partial charge in [-0.25, -0.2) is 13.8 Å². The monoisotopic (exact) mass is 512 g/mol. The fraction of sp³-hybridized carbons (Fsp3) is 0.412. The average molecular weight is 512 g/mol. The van der Waals surface area contributed by atoms with Crippen LogP contribution in [0, 0.1) is 11.6 Å². The van der Waals surface area contributed by atoms with Crippen molar-refractivity contribution in [2.24, 2.45) is 4.99 Å². The average Bonchev–Trinajstić information content (AvgIpc) is 3.14. The first-order valence-electron chi connectivity index (χ1n) is 8.45. The standard InChI is InChI=1S/C17H20F4N6.HI/c1-22-17(24-11-15-23-4-5-27(15)16(20)21)26-8-6-25(7-9-26)14-10-12(18)2-3-13(14)19;/h2-5,10,16H,6-9,11H2,1H3,(H,22,24);1H. The number of imidazole rings is 1. The maximum atomic E-state index is 13.9. The van der Waals surface area contributed by atoms with E-state index in [-0.39, 0.29) is 42.0 Å². The van der Waals surface area contributed by atoms with Crippen molar-refractivity contribution < 1.29 is 17.6 Å². The van der Waals surface area contributed by atoms with Crippen molar-refractivity contribution in [3.8, 4) is 0 Å². The van der Waals surface area contributed by atoms with E-state index in [0.717, 1.165) is 16.7 Å². The van der Waals surface area contributed by atoms with Crippen LogP contribution in [0.3, 0.4) is 0 Å². The fourth-order valence-electron chi connectivity index (χ4n) is 3.04. The van der Waals surface area contributed by atoms with Gasteiger partial charge in [-0.3, -0.25) is 9.56 Å². The van der Waals surface area contributed by atoms with Gasteiger partial charge < -0.3 is 15.1 Å². The summed E-state index contributed by atoms with van der Waals surface area (Å²) in [4.78, 5) is 11.8. The fourth-order valence-corrected chi connectivity index (χ4v) is 3.04. The van der Waals surface area contributed by atoms with Gasteiger partial charge in [0.1, 0.15) is 17.5 Å². The topological polar surface area (TPSA) is 48.7 Å². The lowest BCUT2D eigenvalue weighted by molar-refractivity contribution is 0.0668. The van der Waals surface area contributed by atoms with E-state index < -0.39 is 18.2 Å². The van der Waals surface area contributed by atoms with E-state index in [0.29, 0.717) is 32.1 Å². The van der Waals surface area contributed by atoms with Gasteiger partial charge in [0.25, 0.3) is 0 Å². The Morgan fingerprint density at radius 3 is 2.57 bits per heavy atom. The number of benzene rings is 1. The van der Waals surface area contributed by atoms with Crippen LogP contribution in [-0.4, -0.2) is 53.6 Å². The SMILES string of the molecule is CN=C(NCc1nccn1C(F)F)N1CCN(c2cc(F)ccc2F)CC1.I. The first-order valence-corrected chi connectivity index (χ1v) is 8.45. The van der Waals surface area contributed by atoms with E-state index in [1.54, 1.807) is 11.9 Å². The molecule has 1 fully saturated rings. The highest BCUT2D eigenvalue weighted by Crippen LogP contribution is 2.22. The van der Waals surface area contributed by atoms with Gasteiger partial charge in [0.2, 0.25) is 0 Å². The maximum absolute atomic E-state index is 13.9. The van der Waals surface area contributed by atoms with Crippen LogP contribution in [-0.2, 0) is 6.54 Å². The summed E-state index contributed by atoms with van der Waals surface area (Å²) in [5.41, 5.74) is 0.233. The molecule has 1 aliphatic rings. The molecule has 1 aromatic heterocycles. The molecule has 3 rings (SSSR count). The van der Waals surface area contributed by atoms with Crippen LogP contribution in [0.1, 0.15) is 12.4 Å². The summed E-state index contributed by atoms with van der Waals surface area (Å²) in [5, 5.41) is 3.02. The highest BCUT2D eigenvalue weighted by Gasteiger charge is 2.22. The van der Waals surface area contributed by atoms with Crippen molar-refractivity contribution in [1.82, 2.24) is 19.8 Å². The van der Waals surface area contributed by atoms with Crippen molar-refractivity contribution >= 4 is 35.6 Å². The molecule has 1 aromatic carbocycles. The number of rotatable bonds is 4. The van der Waals surface area contributed by atoms with E-state index >= 15 is 0 Å².